The minimum absolute atomic E-state index is 0.876. The molecule has 0 atom stereocenters. The van der Waals surface area contributed by atoms with Crippen LogP contribution in [0.15, 0.2) is 192 Å². The van der Waals surface area contributed by atoms with Gasteiger partial charge in [-0.05, 0) is 81.9 Å². The molecule has 7 aromatic carbocycles. The van der Waals surface area contributed by atoms with Gasteiger partial charge in [0.1, 0.15) is 11.3 Å². The topological polar surface area (TPSA) is 16.4 Å². The number of rotatable bonds is 7. The molecule has 0 bridgehead atoms. The number of nitrogens with zero attached hydrogens (tertiary/aromatic N) is 1. The van der Waals surface area contributed by atoms with Crippen LogP contribution in [-0.4, -0.2) is 0 Å². The summed E-state index contributed by atoms with van der Waals surface area (Å²) in [4.78, 5) is 2.31. The Labute approximate surface area is 269 Å². The molecule has 218 valence electrons. The minimum atomic E-state index is 0.876. The Morgan fingerprint density at radius 3 is 1.30 bits per heavy atom. The van der Waals surface area contributed by atoms with E-state index < -0.39 is 0 Å². The van der Waals surface area contributed by atoms with Gasteiger partial charge in [-0.1, -0.05) is 140 Å². The second kappa shape index (κ2) is 12.1. The molecule has 0 unspecified atom stereocenters. The first-order chi connectivity index (χ1) is 22.8. The number of para-hydroxylation sites is 2. The van der Waals surface area contributed by atoms with Crippen molar-refractivity contribution in [2.45, 2.75) is 0 Å². The quantitative estimate of drug-likeness (QED) is 0.184. The van der Waals surface area contributed by atoms with Crippen LogP contribution in [0.25, 0.3) is 55.7 Å². The molecule has 0 fully saturated rings. The zero-order valence-corrected chi connectivity index (χ0v) is 25.3. The second-order valence-electron chi connectivity index (χ2n) is 11.4. The van der Waals surface area contributed by atoms with Gasteiger partial charge in [0.2, 0.25) is 0 Å². The number of benzene rings is 7. The fourth-order valence-corrected chi connectivity index (χ4v) is 6.27. The van der Waals surface area contributed by atoms with E-state index in [1.54, 1.807) is 0 Å². The van der Waals surface area contributed by atoms with E-state index in [9.17, 15) is 0 Å². The molecule has 0 aliphatic rings. The summed E-state index contributed by atoms with van der Waals surface area (Å²) in [6, 6.07) is 66.2. The van der Waals surface area contributed by atoms with Crippen LogP contribution in [-0.2, 0) is 0 Å². The van der Waals surface area contributed by atoms with Crippen molar-refractivity contribution in [1.29, 1.82) is 0 Å². The van der Waals surface area contributed by atoms with Crippen LogP contribution in [0, 0.1) is 0 Å². The van der Waals surface area contributed by atoms with Gasteiger partial charge in [-0.25, -0.2) is 0 Å². The van der Waals surface area contributed by atoms with Crippen LogP contribution in [0.2, 0.25) is 0 Å². The maximum atomic E-state index is 6.26. The molecule has 2 heteroatoms. The van der Waals surface area contributed by atoms with E-state index >= 15 is 0 Å². The Bertz CT molecular complexity index is 2200. The lowest BCUT2D eigenvalue weighted by Crippen LogP contribution is -2.09. The molecule has 0 N–H and O–H groups in total. The van der Waals surface area contributed by atoms with Crippen LogP contribution in [0.3, 0.4) is 0 Å². The molecule has 8 rings (SSSR count). The average Bonchev–Trinajstić information content (AvgIpc) is 3.58. The Balaban J connectivity index is 1.15. The highest BCUT2D eigenvalue weighted by Gasteiger charge is 2.16. The summed E-state index contributed by atoms with van der Waals surface area (Å²) in [5.41, 5.74) is 12.4. The zero-order valence-electron chi connectivity index (χ0n) is 25.3. The molecule has 0 radical (unpaired) electrons. The van der Waals surface area contributed by atoms with Gasteiger partial charge in [-0.15, -0.1) is 0 Å². The third-order valence-electron chi connectivity index (χ3n) is 8.52. The first kappa shape index (κ1) is 27.4. The van der Waals surface area contributed by atoms with Gasteiger partial charge in [-0.2, -0.15) is 0 Å². The summed E-state index contributed by atoms with van der Waals surface area (Å²) < 4.78 is 6.26. The van der Waals surface area contributed by atoms with Crippen molar-refractivity contribution in [2.75, 3.05) is 4.90 Å². The predicted octanol–water partition coefficient (Wildman–Crippen LogP) is 12.6. The number of hydrogen-bond donors (Lipinski definition) is 0. The molecule has 0 amide bonds. The van der Waals surface area contributed by atoms with E-state index in [4.69, 9.17) is 4.42 Å². The van der Waals surface area contributed by atoms with Gasteiger partial charge in [0.25, 0.3) is 0 Å². The normalized spacial score (nSPS) is 11.0. The molecule has 1 heterocycles. The van der Waals surface area contributed by atoms with Crippen molar-refractivity contribution >= 4 is 28.0 Å². The number of anilines is 3. The van der Waals surface area contributed by atoms with E-state index in [1.165, 1.54) is 22.3 Å². The van der Waals surface area contributed by atoms with Crippen LogP contribution in [0.4, 0.5) is 17.1 Å². The summed E-state index contributed by atoms with van der Waals surface area (Å²) >= 11 is 0. The summed E-state index contributed by atoms with van der Waals surface area (Å²) in [5, 5.41) is 1.11. The Morgan fingerprint density at radius 2 is 0.739 bits per heavy atom. The molecule has 0 saturated carbocycles. The molecular formula is C44H31NO. The fourth-order valence-electron chi connectivity index (χ4n) is 6.27. The molecule has 0 aliphatic heterocycles. The van der Waals surface area contributed by atoms with Crippen molar-refractivity contribution in [3.8, 4) is 44.7 Å². The first-order valence-corrected chi connectivity index (χ1v) is 15.6. The predicted molar refractivity (Wildman–Crippen MR) is 193 cm³/mol. The minimum Gasteiger partial charge on any atom is -0.456 e. The summed E-state index contributed by atoms with van der Waals surface area (Å²) in [6.45, 7) is 0. The third kappa shape index (κ3) is 5.27. The zero-order chi connectivity index (χ0) is 30.7. The van der Waals surface area contributed by atoms with Crippen molar-refractivity contribution < 1.29 is 4.42 Å². The number of hydrogen-bond acceptors (Lipinski definition) is 2. The highest BCUT2D eigenvalue weighted by molar-refractivity contribution is 5.89. The number of furan rings is 1. The molecule has 0 saturated heterocycles. The molecular weight excluding hydrogens is 558 g/mol. The Morgan fingerprint density at radius 1 is 0.326 bits per heavy atom. The molecule has 0 spiro atoms. The first-order valence-electron chi connectivity index (χ1n) is 15.6. The van der Waals surface area contributed by atoms with Crippen molar-refractivity contribution in [3.05, 3.63) is 188 Å². The third-order valence-corrected chi connectivity index (χ3v) is 8.52. The lowest BCUT2D eigenvalue weighted by atomic mass is 9.94. The summed E-state index contributed by atoms with van der Waals surface area (Å²) in [5.74, 6) is 0.876. The molecule has 0 aliphatic carbocycles. The lowest BCUT2D eigenvalue weighted by Gasteiger charge is -2.26. The Hall–Kier alpha value is -6.12. The SMILES string of the molecule is c1ccc(-c2ccccc2-c2ccc(N(c3ccccc3)c3ccc(-c4ccccc4-c4cc5ccccc5o4)cc3)cc2)cc1. The van der Waals surface area contributed by atoms with Crippen LogP contribution < -0.4 is 4.90 Å². The van der Waals surface area contributed by atoms with Gasteiger partial charge in [0.15, 0.2) is 0 Å². The average molecular weight is 590 g/mol. The van der Waals surface area contributed by atoms with Crippen molar-refractivity contribution in [1.82, 2.24) is 0 Å². The van der Waals surface area contributed by atoms with Gasteiger partial charge < -0.3 is 9.32 Å². The van der Waals surface area contributed by atoms with Gasteiger partial charge >= 0.3 is 0 Å². The van der Waals surface area contributed by atoms with E-state index in [0.29, 0.717) is 0 Å². The molecule has 8 aromatic rings. The van der Waals surface area contributed by atoms with Crippen molar-refractivity contribution in [2.24, 2.45) is 0 Å². The monoisotopic (exact) mass is 589 g/mol. The molecule has 2 nitrogen and oxygen atoms in total. The van der Waals surface area contributed by atoms with Crippen LogP contribution in [0.1, 0.15) is 0 Å². The summed E-state index contributed by atoms with van der Waals surface area (Å²) in [6.07, 6.45) is 0. The Kier molecular flexibility index (Phi) is 7.22. The van der Waals surface area contributed by atoms with E-state index in [2.05, 4.69) is 175 Å². The molecule has 1 aromatic heterocycles. The molecule has 46 heavy (non-hydrogen) atoms. The van der Waals surface area contributed by atoms with E-state index in [1.807, 2.05) is 18.2 Å². The van der Waals surface area contributed by atoms with E-state index in [0.717, 1.165) is 50.5 Å². The maximum Gasteiger partial charge on any atom is 0.136 e. The maximum absolute atomic E-state index is 6.26. The smallest absolute Gasteiger partial charge is 0.136 e. The van der Waals surface area contributed by atoms with Crippen LogP contribution in [0.5, 0.6) is 0 Å². The second-order valence-corrected chi connectivity index (χ2v) is 11.4. The lowest BCUT2D eigenvalue weighted by molar-refractivity contribution is 0.632. The van der Waals surface area contributed by atoms with Gasteiger partial charge in [0, 0.05) is 28.0 Å². The van der Waals surface area contributed by atoms with E-state index in [-0.39, 0.29) is 0 Å². The van der Waals surface area contributed by atoms with Gasteiger partial charge in [-0.3, -0.25) is 0 Å². The number of fused-ring (bicyclic) bond motifs is 1. The summed E-state index contributed by atoms with van der Waals surface area (Å²) in [7, 11) is 0. The van der Waals surface area contributed by atoms with Crippen molar-refractivity contribution in [3.63, 3.8) is 0 Å². The highest BCUT2D eigenvalue weighted by Crippen LogP contribution is 2.40. The fraction of sp³-hybridized carbons (Fsp3) is 0. The highest BCUT2D eigenvalue weighted by atomic mass is 16.3. The largest absolute Gasteiger partial charge is 0.456 e. The van der Waals surface area contributed by atoms with Crippen LogP contribution >= 0.6 is 0 Å². The standard InChI is InChI=1S/C44H31NO/c1-3-13-32(14-4-1)39-18-8-9-19-40(39)33-23-27-37(28-24-33)45(36-16-5-2-6-17-36)38-29-25-34(26-30-38)41-20-10-11-21-42(41)44-31-35-15-7-12-22-43(35)46-44/h1-31H. The van der Waals surface area contributed by atoms with Gasteiger partial charge in [0.05, 0.1) is 0 Å².